The first-order valence-corrected chi connectivity index (χ1v) is 14.2. The van der Waals surface area contributed by atoms with Crippen LogP contribution in [0.25, 0.3) is 6.08 Å². The van der Waals surface area contributed by atoms with Gasteiger partial charge in [0.1, 0.15) is 11.5 Å². The maximum Gasteiger partial charge on any atom is 0.182 e. The van der Waals surface area contributed by atoms with E-state index in [1.54, 1.807) is 18.3 Å². The fraction of sp³-hybridized carbons (Fsp3) is 0.394. The van der Waals surface area contributed by atoms with E-state index in [-0.39, 0.29) is 17.4 Å². The fourth-order valence-corrected chi connectivity index (χ4v) is 5.61. The first kappa shape index (κ1) is 27.1. The maximum atomic E-state index is 13.7. The normalized spacial score (nSPS) is 17.8. The highest BCUT2D eigenvalue weighted by Gasteiger charge is 2.33. The van der Waals surface area contributed by atoms with Crippen LogP contribution in [0.1, 0.15) is 83.9 Å². The second-order valence-corrected chi connectivity index (χ2v) is 10.7. The number of nitrogens with zero attached hydrogens (tertiary/aromatic N) is 3. The first-order chi connectivity index (χ1) is 19.1. The van der Waals surface area contributed by atoms with Crippen molar-refractivity contribution < 1.29 is 14.0 Å². The third-order valence-corrected chi connectivity index (χ3v) is 7.81. The van der Waals surface area contributed by atoms with E-state index in [0.717, 1.165) is 43.6 Å². The summed E-state index contributed by atoms with van der Waals surface area (Å²) in [6.45, 7) is 3.35. The van der Waals surface area contributed by atoms with E-state index >= 15 is 0 Å². The predicted molar refractivity (Wildman–Crippen MR) is 151 cm³/mol. The van der Waals surface area contributed by atoms with Gasteiger partial charge in [0, 0.05) is 18.4 Å². The number of carbonyl (C=O) groups excluding carboxylic acids is 2. The highest BCUT2D eigenvalue weighted by atomic mass is 19.1. The Morgan fingerprint density at radius 1 is 0.923 bits per heavy atom. The van der Waals surface area contributed by atoms with Crippen LogP contribution < -0.4 is 0 Å². The van der Waals surface area contributed by atoms with E-state index < -0.39 is 5.92 Å². The molecule has 0 saturated carbocycles. The highest BCUT2D eigenvalue weighted by molar-refractivity contribution is 6.07. The van der Waals surface area contributed by atoms with Crippen molar-refractivity contribution in [3.05, 3.63) is 100 Å². The van der Waals surface area contributed by atoms with Crippen molar-refractivity contribution >= 4 is 17.6 Å². The van der Waals surface area contributed by atoms with E-state index in [0.29, 0.717) is 41.9 Å². The SMILES string of the molecule is O=C(CCCCN1CCCCCC1)c1cnc2c(n1)C(Cc1ccc(F)cc1)C(=O)C(Cc1ccccc1)=C2. The number of allylic oxidation sites excluding steroid dienone is 1. The number of fused-ring (bicyclic) bond motifs is 1. The third kappa shape index (κ3) is 7.12. The second kappa shape index (κ2) is 13.0. The number of halogens is 1. The van der Waals surface area contributed by atoms with Crippen molar-refractivity contribution in [2.24, 2.45) is 0 Å². The number of carbonyl (C=O) groups is 2. The van der Waals surface area contributed by atoms with Gasteiger partial charge in [0.2, 0.25) is 0 Å². The molecule has 1 atom stereocenters. The average molecular weight is 526 g/mol. The largest absolute Gasteiger partial charge is 0.303 e. The van der Waals surface area contributed by atoms with Crippen LogP contribution in [0.5, 0.6) is 0 Å². The zero-order valence-electron chi connectivity index (χ0n) is 22.4. The lowest BCUT2D eigenvalue weighted by atomic mass is 9.81. The number of ketones is 2. The lowest BCUT2D eigenvalue weighted by Gasteiger charge is -2.24. The molecule has 0 radical (unpaired) electrons. The molecular weight excluding hydrogens is 489 g/mol. The molecule has 1 fully saturated rings. The van der Waals surface area contributed by atoms with Crippen molar-refractivity contribution in [1.29, 1.82) is 0 Å². The molecule has 0 amide bonds. The lowest BCUT2D eigenvalue weighted by Crippen LogP contribution is -2.26. The van der Waals surface area contributed by atoms with Gasteiger partial charge in [0.25, 0.3) is 0 Å². The second-order valence-electron chi connectivity index (χ2n) is 10.7. The van der Waals surface area contributed by atoms with E-state index in [1.165, 1.54) is 37.8 Å². The van der Waals surface area contributed by atoms with Gasteiger partial charge >= 0.3 is 0 Å². The van der Waals surface area contributed by atoms with Gasteiger partial charge in [0.15, 0.2) is 11.6 Å². The van der Waals surface area contributed by atoms with Gasteiger partial charge in [-0.15, -0.1) is 0 Å². The zero-order valence-corrected chi connectivity index (χ0v) is 22.4. The van der Waals surface area contributed by atoms with Crippen molar-refractivity contribution in [3.63, 3.8) is 0 Å². The minimum Gasteiger partial charge on any atom is -0.303 e. The number of benzene rings is 2. The molecular formula is C33H36FN3O2. The van der Waals surface area contributed by atoms with Crippen LogP contribution in [-0.2, 0) is 17.6 Å². The summed E-state index contributed by atoms with van der Waals surface area (Å²) in [5, 5.41) is 0. The average Bonchev–Trinajstić information content (AvgIpc) is 3.23. The molecule has 6 heteroatoms. The van der Waals surface area contributed by atoms with Crippen LogP contribution >= 0.6 is 0 Å². The molecule has 1 unspecified atom stereocenters. The predicted octanol–water partition coefficient (Wildman–Crippen LogP) is 6.38. The Morgan fingerprint density at radius 3 is 2.41 bits per heavy atom. The minimum absolute atomic E-state index is 0.0213. The molecule has 2 aromatic carbocycles. The molecule has 1 aliphatic carbocycles. The molecule has 1 saturated heterocycles. The first-order valence-electron chi connectivity index (χ1n) is 14.2. The Kier molecular flexibility index (Phi) is 9.04. The Bertz CT molecular complexity index is 1310. The van der Waals surface area contributed by atoms with Crippen LogP contribution in [0, 0.1) is 5.82 Å². The molecule has 39 heavy (non-hydrogen) atoms. The summed E-state index contributed by atoms with van der Waals surface area (Å²) >= 11 is 0. The van der Waals surface area contributed by atoms with E-state index in [2.05, 4.69) is 9.88 Å². The summed E-state index contributed by atoms with van der Waals surface area (Å²) < 4.78 is 13.5. The lowest BCUT2D eigenvalue weighted by molar-refractivity contribution is -0.117. The number of likely N-dealkylation sites (tertiary alicyclic amines) is 1. The Balaban J connectivity index is 1.32. The van der Waals surface area contributed by atoms with Gasteiger partial charge in [-0.2, -0.15) is 0 Å². The topological polar surface area (TPSA) is 63.2 Å². The van der Waals surface area contributed by atoms with E-state index in [1.807, 2.05) is 36.4 Å². The molecule has 2 heterocycles. The molecule has 5 nitrogen and oxygen atoms in total. The fourth-order valence-electron chi connectivity index (χ4n) is 5.61. The summed E-state index contributed by atoms with van der Waals surface area (Å²) in [7, 11) is 0. The molecule has 202 valence electrons. The zero-order chi connectivity index (χ0) is 27.0. The number of hydrogen-bond donors (Lipinski definition) is 0. The molecule has 1 aromatic heterocycles. The number of hydrogen-bond acceptors (Lipinski definition) is 5. The summed E-state index contributed by atoms with van der Waals surface area (Å²) in [5.74, 6) is -0.944. The highest BCUT2D eigenvalue weighted by Crippen LogP contribution is 2.33. The van der Waals surface area contributed by atoms with Gasteiger partial charge < -0.3 is 4.90 Å². The van der Waals surface area contributed by atoms with Gasteiger partial charge in [-0.05, 0) is 81.1 Å². The molecule has 3 aromatic rings. The van der Waals surface area contributed by atoms with Gasteiger partial charge in [0.05, 0.1) is 23.5 Å². The van der Waals surface area contributed by atoms with Crippen molar-refractivity contribution in [2.75, 3.05) is 19.6 Å². The molecule has 0 N–H and O–H groups in total. The Labute approximate surface area is 230 Å². The van der Waals surface area contributed by atoms with Crippen LogP contribution in [0.2, 0.25) is 0 Å². The van der Waals surface area contributed by atoms with Gasteiger partial charge in [-0.1, -0.05) is 55.3 Å². The number of Topliss-reactive ketones (excluding diaryl/α,β-unsaturated/α-hetero) is 2. The molecule has 2 aliphatic rings. The van der Waals surface area contributed by atoms with Crippen LogP contribution in [0.3, 0.4) is 0 Å². The van der Waals surface area contributed by atoms with Crippen LogP contribution in [-0.4, -0.2) is 46.1 Å². The van der Waals surface area contributed by atoms with E-state index in [9.17, 15) is 14.0 Å². The standard InChI is InChI=1S/C33H36FN3O2/c34-27-15-13-25(14-16-27)21-28-32-29(22-26(33(28)39)20-24-10-4-3-5-11-24)35-23-30(36-32)31(38)12-6-9-19-37-17-7-1-2-8-18-37/h3-5,10-11,13-16,22-23,28H,1-2,6-9,12,17-21H2. The maximum absolute atomic E-state index is 13.7. The van der Waals surface area contributed by atoms with Crippen LogP contribution in [0.15, 0.2) is 66.4 Å². The van der Waals surface area contributed by atoms with E-state index in [4.69, 9.17) is 4.98 Å². The molecule has 0 bridgehead atoms. The summed E-state index contributed by atoms with van der Waals surface area (Å²) in [4.78, 5) is 38.6. The number of aromatic nitrogens is 2. The molecule has 1 aliphatic heterocycles. The van der Waals surface area contributed by atoms with Gasteiger partial charge in [-0.3, -0.25) is 14.6 Å². The van der Waals surface area contributed by atoms with Crippen LogP contribution in [0.4, 0.5) is 4.39 Å². The Morgan fingerprint density at radius 2 is 1.67 bits per heavy atom. The quantitative estimate of drug-likeness (QED) is 0.227. The molecule has 0 spiro atoms. The summed E-state index contributed by atoms with van der Waals surface area (Å²) in [6, 6.07) is 16.1. The molecule has 5 rings (SSSR count). The smallest absolute Gasteiger partial charge is 0.182 e. The van der Waals surface area contributed by atoms with Crippen molar-refractivity contribution in [1.82, 2.24) is 14.9 Å². The van der Waals surface area contributed by atoms with Gasteiger partial charge in [-0.25, -0.2) is 9.37 Å². The number of rotatable bonds is 10. The van der Waals surface area contributed by atoms with Crippen molar-refractivity contribution in [3.8, 4) is 0 Å². The van der Waals surface area contributed by atoms with Crippen molar-refractivity contribution in [2.45, 2.75) is 63.7 Å². The monoisotopic (exact) mass is 525 g/mol. The Hall–Kier alpha value is -3.51. The minimum atomic E-state index is -0.572. The third-order valence-electron chi connectivity index (χ3n) is 7.81. The number of unbranched alkanes of at least 4 members (excludes halogenated alkanes) is 1. The summed E-state index contributed by atoms with van der Waals surface area (Å²) in [5.41, 5.74) is 4.04. The summed E-state index contributed by atoms with van der Waals surface area (Å²) in [6.07, 6.45) is 11.6.